The summed E-state index contributed by atoms with van der Waals surface area (Å²) in [5.41, 5.74) is 2.40. The largest absolute Gasteiger partial charge is 0.396 e. The smallest absolute Gasteiger partial charge is 0.0568 e. The molecule has 170 valence electrons. The molecule has 0 heterocycles. The first-order valence-corrected chi connectivity index (χ1v) is 13.1. The van der Waals surface area contributed by atoms with Crippen molar-refractivity contribution >= 4 is 0 Å². The van der Waals surface area contributed by atoms with E-state index in [1.54, 1.807) is 0 Å². The summed E-state index contributed by atoms with van der Waals surface area (Å²) >= 11 is 0. The van der Waals surface area contributed by atoms with E-state index in [0.29, 0.717) is 41.1 Å². The van der Waals surface area contributed by atoms with Gasteiger partial charge in [0.1, 0.15) is 0 Å². The van der Waals surface area contributed by atoms with Gasteiger partial charge in [-0.2, -0.15) is 0 Å². The number of fused-ring (bicyclic) bond motifs is 7. The third-order valence-corrected chi connectivity index (χ3v) is 12.3. The fraction of sp³-hybridized carbons (Fsp3) is 0.929. The molecule has 0 spiro atoms. The topological polar surface area (TPSA) is 40.5 Å². The summed E-state index contributed by atoms with van der Waals surface area (Å²) in [5.74, 6) is 4.86. The van der Waals surface area contributed by atoms with Gasteiger partial charge < -0.3 is 10.2 Å². The first-order chi connectivity index (χ1) is 14.2. The van der Waals surface area contributed by atoms with Crippen LogP contribution in [0.1, 0.15) is 91.9 Å². The molecule has 0 aromatic rings. The maximum Gasteiger partial charge on any atom is 0.0568 e. The van der Waals surface area contributed by atoms with Gasteiger partial charge in [-0.05, 0) is 129 Å². The lowest BCUT2D eigenvalue weighted by Crippen LogP contribution is -2.61. The van der Waals surface area contributed by atoms with Gasteiger partial charge in [-0.3, -0.25) is 0 Å². The molecule has 5 saturated carbocycles. The lowest BCUT2D eigenvalue weighted by atomic mass is 9.37. The SMILES string of the molecule is C=C(C)C1CC[C@]2(CO)CCC3[C@H](CC[C@@H]4[C@@]5(C)CC[C@H](O)[C@H](C)[C@@H]5CC[C@@]34C)[C@@H]12. The fourth-order valence-corrected chi connectivity index (χ4v) is 10.8. The summed E-state index contributed by atoms with van der Waals surface area (Å²) in [4.78, 5) is 0. The van der Waals surface area contributed by atoms with Gasteiger partial charge in [0.05, 0.1) is 6.10 Å². The van der Waals surface area contributed by atoms with E-state index in [9.17, 15) is 10.2 Å². The van der Waals surface area contributed by atoms with Crippen molar-refractivity contribution in [1.29, 1.82) is 0 Å². The summed E-state index contributed by atoms with van der Waals surface area (Å²) in [5, 5.41) is 21.1. The Labute approximate surface area is 184 Å². The Morgan fingerprint density at radius 3 is 2.23 bits per heavy atom. The van der Waals surface area contributed by atoms with Crippen molar-refractivity contribution in [1.82, 2.24) is 0 Å². The van der Waals surface area contributed by atoms with E-state index in [-0.39, 0.29) is 11.5 Å². The van der Waals surface area contributed by atoms with E-state index in [1.165, 1.54) is 63.4 Å². The molecule has 30 heavy (non-hydrogen) atoms. The fourth-order valence-electron chi connectivity index (χ4n) is 10.8. The van der Waals surface area contributed by atoms with Gasteiger partial charge in [0.25, 0.3) is 0 Å². The molecule has 0 bridgehead atoms. The molecule has 5 aliphatic carbocycles. The van der Waals surface area contributed by atoms with Crippen molar-refractivity contribution in [3.05, 3.63) is 12.2 Å². The van der Waals surface area contributed by atoms with E-state index in [4.69, 9.17) is 0 Å². The molecule has 0 aromatic carbocycles. The van der Waals surface area contributed by atoms with Crippen LogP contribution in [-0.4, -0.2) is 22.9 Å². The predicted molar refractivity (Wildman–Crippen MR) is 123 cm³/mol. The van der Waals surface area contributed by atoms with Gasteiger partial charge >= 0.3 is 0 Å². The van der Waals surface area contributed by atoms with Crippen molar-refractivity contribution in [2.45, 2.75) is 98.0 Å². The molecule has 0 aliphatic heterocycles. The molecule has 2 unspecified atom stereocenters. The molecule has 2 nitrogen and oxygen atoms in total. The standard InChI is InChI=1S/C28H46O2/c1-17(2)19-8-14-28(16-29)15-10-22-20(25(19)28)6-7-24-26(4)13-11-23(30)18(3)21(26)9-12-27(22,24)5/h18-25,29-30H,1,6-16H2,2-5H3/t18-,19?,20+,21+,22?,23+,24-,25-,26+,27+,28-/m1/s1. The van der Waals surface area contributed by atoms with E-state index >= 15 is 0 Å². The summed E-state index contributed by atoms with van der Waals surface area (Å²) in [6.07, 6.45) is 12.6. The highest BCUT2D eigenvalue weighted by molar-refractivity contribution is 5.17. The second kappa shape index (κ2) is 7.08. The molecular weight excluding hydrogens is 368 g/mol. The summed E-state index contributed by atoms with van der Waals surface area (Å²) in [6, 6.07) is 0. The molecule has 0 radical (unpaired) electrons. The predicted octanol–water partition coefficient (Wildman–Crippen LogP) is 6.22. The van der Waals surface area contributed by atoms with Gasteiger partial charge in [-0.15, -0.1) is 0 Å². The summed E-state index contributed by atoms with van der Waals surface area (Å²) in [7, 11) is 0. The molecule has 5 fully saturated rings. The summed E-state index contributed by atoms with van der Waals surface area (Å²) in [6.45, 7) is 14.6. The minimum atomic E-state index is -0.0848. The zero-order valence-electron chi connectivity index (χ0n) is 20.0. The van der Waals surface area contributed by atoms with Crippen LogP contribution in [0.2, 0.25) is 0 Å². The Bertz CT molecular complexity index is 701. The lowest BCUT2D eigenvalue weighted by Gasteiger charge is -2.68. The minimum absolute atomic E-state index is 0.0848. The van der Waals surface area contributed by atoms with Crippen LogP contribution in [0.5, 0.6) is 0 Å². The maximum atomic E-state index is 10.6. The minimum Gasteiger partial charge on any atom is -0.396 e. The van der Waals surface area contributed by atoms with Crippen LogP contribution in [0.15, 0.2) is 12.2 Å². The van der Waals surface area contributed by atoms with Crippen LogP contribution < -0.4 is 0 Å². The zero-order chi connectivity index (χ0) is 21.5. The van der Waals surface area contributed by atoms with E-state index in [2.05, 4.69) is 34.3 Å². The van der Waals surface area contributed by atoms with Gasteiger partial charge in [0.2, 0.25) is 0 Å². The Morgan fingerprint density at radius 2 is 1.53 bits per heavy atom. The molecule has 2 N–H and O–H groups in total. The molecule has 0 amide bonds. The van der Waals surface area contributed by atoms with Crippen molar-refractivity contribution in [3.63, 3.8) is 0 Å². The van der Waals surface area contributed by atoms with Gasteiger partial charge in [-0.1, -0.05) is 32.9 Å². The Kier molecular flexibility index (Phi) is 5.07. The normalized spacial score (nSPS) is 57.7. The first-order valence-electron chi connectivity index (χ1n) is 13.1. The van der Waals surface area contributed by atoms with Crippen LogP contribution in [0.25, 0.3) is 0 Å². The Morgan fingerprint density at radius 1 is 0.900 bits per heavy atom. The van der Waals surface area contributed by atoms with Crippen molar-refractivity contribution in [3.8, 4) is 0 Å². The van der Waals surface area contributed by atoms with Crippen LogP contribution in [0.3, 0.4) is 0 Å². The van der Waals surface area contributed by atoms with Crippen LogP contribution in [0, 0.1) is 57.7 Å². The third-order valence-electron chi connectivity index (χ3n) is 12.3. The number of allylic oxidation sites excluding steroid dienone is 1. The Balaban J connectivity index is 1.49. The first kappa shape index (κ1) is 21.5. The maximum absolute atomic E-state index is 10.6. The highest BCUT2D eigenvalue weighted by atomic mass is 16.3. The van der Waals surface area contributed by atoms with Crippen LogP contribution >= 0.6 is 0 Å². The van der Waals surface area contributed by atoms with Crippen molar-refractivity contribution in [2.24, 2.45) is 57.7 Å². The highest BCUT2D eigenvalue weighted by Gasteiger charge is 2.65. The lowest BCUT2D eigenvalue weighted by molar-refractivity contribution is -0.199. The second-order valence-electron chi connectivity index (χ2n) is 13.1. The molecule has 0 saturated heterocycles. The second-order valence-corrected chi connectivity index (χ2v) is 13.1. The molecule has 5 rings (SSSR count). The average molecular weight is 415 g/mol. The number of aliphatic hydroxyl groups is 2. The number of rotatable bonds is 2. The average Bonchev–Trinajstić information content (AvgIpc) is 3.12. The van der Waals surface area contributed by atoms with Gasteiger partial charge in [0.15, 0.2) is 0 Å². The Hall–Kier alpha value is -0.340. The van der Waals surface area contributed by atoms with Crippen LogP contribution in [0.4, 0.5) is 0 Å². The van der Waals surface area contributed by atoms with E-state index in [0.717, 1.165) is 24.2 Å². The van der Waals surface area contributed by atoms with Gasteiger partial charge in [0, 0.05) is 6.61 Å². The number of aliphatic hydroxyl groups excluding tert-OH is 2. The monoisotopic (exact) mass is 414 g/mol. The number of hydrogen-bond acceptors (Lipinski definition) is 2. The number of hydrogen-bond donors (Lipinski definition) is 2. The molecular formula is C28H46O2. The molecule has 2 heteroatoms. The quantitative estimate of drug-likeness (QED) is 0.527. The van der Waals surface area contributed by atoms with E-state index < -0.39 is 0 Å². The zero-order valence-corrected chi connectivity index (χ0v) is 20.0. The summed E-state index contributed by atoms with van der Waals surface area (Å²) < 4.78 is 0. The van der Waals surface area contributed by atoms with E-state index in [1.807, 2.05) is 0 Å². The molecule has 11 atom stereocenters. The molecule has 5 aliphatic rings. The van der Waals surface area contributed by atoms with Crippen molar-refractivity contribution < 1.29 is 10.2 Å². The molecule has 0 aromatic heterocycles. The van der Waals surface area contributed by atoms with Crippen molar-refractivity contribution in [2.75, 3.05) is 6.61 Å². The van der Waals surface area contributed by atoms with Crippen LogP contribution in [-0.2, 0) is 0 Å². The highest BCUT2D eigenvalue weighted by Crippen LogP contribution is 2.72. The third kappa shape index (κ3) is 2.68. The van der Waals surface area contributed by atoms with Gasteiger partial charge in [-0.25, -0.2) is 0 Å².